The number of amides is 2. The fourth-order valence-electron chi connectivity index (χ4n) is 3.97. The SMILES string of the molecule is Cc1cc(C)n(Cc2cccc(NC(=O)N3CCCC3CC(C)(C)C)c2)n1. The summed E-state index contributed by atoms with van der Waals surface area (Å²) in [7, 11) is 0. The van der Waals surface area contributed by atoms with Gasteiger partial charge in [0.05, 0.1) is 12.2 Å². The van der Waals surface area contributed by atoms with Crippen molar-refractivity contribution in [3.63, 3.8) is 0 Å². The second kappa shape index (κ2) is 7.75. The molecule has 5 heteroatoms. The first kappa shape index (κ1) is 19.5. The Morgan fingerprint density at radius 3 is 2.70 bits per heavy atom. The van der Waals surface area contributed by atoms with Gasteiger partial charge in [0.2, 0.25) is 0 Å². The number of aryl methyl sites for hydroxylation is 2. The molecule has 27 heavy (non-hydrogen) atoms. The number of nitrogens with zero attached hydrogens (tertiary/aromatic N) is 3. The molecule has 1 unspecified atom stereocenters. The van der Waals surface area contributed by atoms with E-state index in [9.17, 15) is 4.79 Å². The zero-order chi connectivity index (χ0) is 19.6. The number of rotatable bonds is 4. The number of carbonyl (C=O) groups is 1. The van der Waals surface area contributed by atoms with Crippen LogP contribution < -0.4 is 5.32 Å². The van der Waals surface area contributed by atoms with Crippen LogP contribution in [0.1, 0.15) is 57.0 Å². The van der Waals surface area contributed by atoms with Gasteiger partial charge in [-0.2, -0.15) is 5.10 Å². The second-order valence-corrected chi connectivity index (χ2v) is 8.97. The van der Waals surface area contributed by atoms with E-state index in [0.29, 0.717) is 12.6 Å². The summed E-state index contributed by atoms with van der Waals surface area (Å²) >= 11 is 0. The monoisotopic (exact) mass is 368 g/mol. The lowest BCUT2D eigenvalue weighted by Gasteiger charge is -2.30. The van der Waals surface area contributed by atoms with Crippen molar-refractivity contribution in [2.24, 2.45) is 5.41 Å². The Kier molecular flexibility index (Phi) is 5.59. The first-order chi connectivity index (χ1) is 12.7. The lowest BCUT2D eigenvalue weighted by atomic mass is 9.87. The number of likely N-dealkylation sites (tertiary alicyclic amines) is 1. The average molecular weight is 369 g/mol. The molecular formula is C22H32N4O. The van der Waals surface area contributed by atoms with Crippen molar-refractivity contribution in [3.05, 3.63) is 47.3 Å². The van der Waals surface area contributed by atoms with Gasteiger partial charge < -0.3 is 10.2 Å². The summed E-state index contributed by atoms with van der Waals surface area (Å²) in [6.07, 6.45) is 3.23. The molecular weight excluding hydrogens is 336 g/mol. The molecule has 1 aromatic heterocycles. The number of hydrogen-bond acceptors (Lipinski definition) is 2. The predicted octanol–water partition coefficient (Wildman–Crippen LogP) is 4.98. The Labute approximate surface area is 162 Å². The summed E-state index contributed by atoms with van der Waals surface area (Å²) in [6, 6.07) is 10.5. The Morgan fingerprint density at radius 2 is 2.04 bits per heavy atom. The third kappa shape index (κ3) is 5.12. The van der Waals surface area contributed by atoms with Crippen molar-refractivity contribution < 1.29 is 4.79 Å². The maximum absolute atomic E-state index is 12.8. The van der Waals surface area contributed by atoms with Crippen molar-refractivity contribution in [1.82, 2.24) is 14.7 Å². The summed E-state index contributed by atoms with van der Waals surface area (Å²) in [5, 5.41) is 7.63. The zero-order valence-electron chi connectivity index (χ0n) is 17.2. The van der Waals surface area contributed by atoms with Crippen LogP contribution in [0.5, 0.6) is 0 Å². The maximum Gasteiger partial charge on any atom is 0.322 e. The molecule has 2 aromatic rings. The third-order valence-corrected chi connectivity index (χ3v) is 5.10. The molecule has 2 heterocycles. The van der Waals surface area contributed by atoms with Crippen molar-refractivity contribution in [2.45, 2.75) is 66.5 Å². The molecule has 5 nitrogen and oxygen atoms in total. The number of nitrogens with one attached hydrogen (secondary N) is 1. The molecule has 1 aromatic carbocycles. The van der Waals surface area contributed by atoms with E-state index in [2.05, 4.69) is 50.2 Å². The van der Waals surface area contributed by atoms with Crippen LogP contribution in [0.4, 0.5) is 10.5 Å². The Balaban J connectivity index is 1.67. The quantitative estimate of drug-likeness (QED) is 0.827. The van der Waals surface area contributed by atoms with E-state index in [-0.39, 0.29) is 11.4 Å². The van der Waals surface area contributed by atoms with Gasteiger partial charge in [0.25, 0.3) is 0 Å². The van der Waals surface area contributed by atoms with E-state index in [1.54, 1.807) is 0 Å². The van der Waals surface area contributed by atoms with Crippen molar-refractivity contribution in [2.75, 3.05) is 11.9 Å². The highest BCUT2D eigenvalue weighted by Gasteiger charge is 2.31. The van der Waals surface area contributed by atoms with Crippen LogP contribution >= 0.6 is 0 Å². The molecule has 1 aliphatic heterocycles. The Hall–Kier alpha value is -2.30. The van der Waals surface area contributed by atoms with Crippen LogP contribution in [-0.4, -0.2) is 33.3 Å². The summed E-state index contributed by atoms with van der Waals surface area (Å²) in [4.78, 5) is 14.8. The van der Waals surface area contributed by atoms with Gasteiger partial charge in [0.1, 0.15) is 0 Å². The van der Waals surface area contributed by atoms with Gasteiger partial charge in [-0.05, 0) is 62.3 Å². The van der Waals surface area contributed by atoms with Gasteiger partial charge in [0, 0.05) is 24.0 Å². The smallest absolute Gasteiger partial charge is 0.322 e. The van der Waals surface area contributed by atoms with E-state index < -0.39 is 0 Å². The van der Waals surface area contributed by atoms with E-state index in [0.717, 1.165) is 48.4 Å². The summed E-state index contributed by atoms with van der Waals surface area (Å²) in [5.74, 6) is 0. The van der Waals surface area contributed by atoms with Crippen LogP contribution in [0.2, 0.25) is 0 Å². The molecule has 1 aliphatic rings. The molecule has 0 saturated carbocycles. The summed E-state index contributed by atoms with van der Waals surface area (Å²) < 4.78 is 2.00. The minimum Gasteiger partial charge on any atom is -0.322 e. The first-order valence-electron chi connectivity index (χ1n) is 9.89. The molecule has 0 radical (unpaired) electrons. The highest BCUT2D eigenvalue weighted by molar-refractivity contribution is 5.89. The van der Waals surface area contributed by atoms with Crippen LogP contribution in [-0.2, 0) is 6.54 Å². The van der Waals surface area contributed by atoms with Crippen LogP contribution in [0, 0.1) is 19.3 Å². The van der Waals surface area contributed by atoms with Crippen molar-refractivity contribution >= 4 is 11.7 Å². The number of benzene rings is 1. The lowest BCUT2D eigenvalue weighted by Crippen LogP contribution is -2.40. The molecule has 0 aliphatic carbocycles. The largest absolute Gasteiger partial charge is 0.322 e. The highest BCUT2D eigenvalue weighted by atomic mass is 16.2. The number of urea groups is 1. The first-order valence-corrected chi connectivity index (χ1v) is 9.89. The molecule has 1 atom stereocenters. The van der Waals surface area contributed by atoms with Gasteiger partial charge in [-0.15, -0.1) is 0 Å². The van der Waals surface area contributed by atoms with Crippen molar-refractivity contribution in [1.29, 1.82) is 0 Å². The Morgan fingerprint density at radius 1 is 1.26 bits per heavy atom. The Bertz CT molecular complexity index is 803. The van der Waals surface area contributed by atoms with Gasteiger partial charge in [-0.1, -0.05) is 32.9 Å². The minimum atomic E-state index is 0.0185. The molecule has 1 fully saturated rings. The number of anilines is 1. The summed E-state index contributed by atoms with van der Waals surface area (Å²) in [6.45, 7) is 12.3. The number of carbonyl (C=O) groups excluding carboxylic acids is 1. The molecule has 0 bridgehead atoms. The zero-order valence-corrected chi connectivity index (χ0v) is 17.2. The topological polar surface area (TPSA) is 50.2 Å². The van der Waals surface area contributed by atoms with E-state index in [1.165, 1.54) is 0 Å². The number of aromatic nitrogens is 2. The van der Waals surface area contributed by atoms with Crippen LogP contribution in [0.15, 0.2) is 30.3 Å². The molecule has 1 N–H and O–H groups in total. The lowest BCUT2D eigenvalue weighted by molar-refractivity contribution is 0.187. The minimum absolute atomic E-state index is 0.0185. The fraction of sp³-hybridized carbons (Fsp3) is 0.545. The fourth-order valence-corrected chi connectivity index (χ4v) is 3.97. The maximum atomic E-state index is 12.8. The van der Waals surface area contributed by atoms with Gasteiger partial charge >= 0.3 is 6.03 Å². The van der Waals surface area contributed by atoms with Crippen LogP contribution in [0.25, 0.3) is 0 Å². The standard InChI is InChI=1S/C22H32N4O/c1-16-12-17(2)26(24-16)15-18-8-6-9-19(13-18)23-21(27)25-11-7-10-20(25)14-22(3,4)5/h6,8-9,12-13,20H,7,10-11,14-15H2,1-5H3,(H,23,27). The van der Waals surface area contributed by atoms with E-state index >= 15 is 0 Å². The van der Waals surface area contributed by atoms with Gasteiger partial charge in [-0.25, -0.2) is 4.79 Å². The number of hydrogen-bond donors (Lipinski definition) is 1. The highest BCUT2D eigenvalue weighted by Crippen LogP contribution is 2.30. The average Bonchev–Trinajstić information content (AvgIpc) is 3.12. The van der Waals surface area contributed by atoms with E-state index in [4.69, 9.17) is 0 Å². The molecule has 2 amide bonds. The normalized spacial score (nSPS) is 17.4. The second-order valence-electron chi connectivity index (χ2n) is 8.97. The van der Waals surface area contributed by atoms with Gasteiger partial charge in [-0.3, -0.25) is 4.68 Å². The molecule has 3 rings (SSSR count). The summed E-state index contributed by atoms with van der Waals surface area (Å²) in [5.41, 5.74) is 4.37. The van der Waals surface area contributed by atoms with Crippen molar-refractivity contribution in [3.8, 4) is 0 Å². The van der Waals surface area contributed by atoms with Crippen LogP contribution in [0.3, 0.4) is 0 Å². The molecule has 146 valence electrons. The van der Waals surface area contributed by atoms with Gasteiger partial charge in [0.15, 0.2) is 0 Å². The molecule has 0 spiro atoms. The molecule has 1 saturated heterocycles. The van der Waals surface area contributed by atoms with E-state index in [1.807, 2.05) is 34.7 Å². The predicted molar refractivity (Wildman–Crippen MR) is 110 cm³/mol. The third-order valence-electron chi connectivity index (χ3n) is 5.10.